The van der Waals surface area contributed by atoms with Crippen LogP contribution < -0.4 is 9.47 Å². The lowest BCUT2D eigenvalue weighted by molar-refractivity contribution is 0.0888. The number of hydrogen-bond donors (Lipinski definition) is 3. The molecular weight excluding hydrogens is 408 g/mol. The van der Waals surface area contributed by atoms with Crippen LogP contribution in [0.25, 0.3) is 0 Å². The predicted molar refractivity (Wildman–Crippen MR) is 123 cm³/mol. The maximum absolute atomic E-state index is 13.5. The van der Waals surface area contributed by atoms with Crippen LogP contribution in [0.15, 0.2) is 41.5 Å². The van der Waals surface area contributed by atoms with Gasteiger partial charge in [0.15, 0.2) is 5.78 Å². The fourth-order valence-corrected chi connectivity index (χ4v) is 3.88. The summed E-state index contributed by atoms with van der Waals surface area (Å²) in [5.74, 6) is -0.759. The number of ether oxygens (including phenoxy) is 2. The lowest BCUT2D eigenvalue weighted by Gasteiger charge is -2.28. The molecule has 0 saturated carbocycles. The average Bonchev–Trinajstić information content (AvgIpc) is 2.72. The van der Waals surface area contributed by atoms with Crippen LogP contribution in [0, 0.1) is 0 Å². The molecule has 32 heavy (non-hydrogen) atoms. The van der Waals surface area contributed by atoms with Crippen molar-refractivity contribution >= 4 is 5.78 Å². The minimum Gasteiger partial charge on any atom is -0.508 e. The highest BCUT2D eigenvalue weighted by molar-refractivity contribution is 6.07. The van der Waals surface area contributed by atoms with Gasteiger partial charge in [0.1, 0.15) is 40.9 Å². The first kappa shape index (κ1) is 23.3. The normalized spacial score (nSPS) is 14.9. The van der Waals surface area contributed by atoms with Gasteiger partial charge in [-0.1, -0.05) is 29.4 Å². The van der Waals surface area contributed by atoms with Crippen LogP contribution in [-0.4, -0.2) is 34.8 Å². The Labute approximate surface area is 188 Å². The molecule has 170 valence electrons. The predicted octanol–water partition coefficient (Wildman–Crippen LogP) is 5.19. The molecule has 0 saturated heterocycles. The third-order valence-corrected chi connectivity index (χ3v) is 5.57. The van der Waals surface area contributed by atoms with Gasteiger partial charge >= 0.3 is 0 Å². The Morgan fingerprint density at radius 2 is 1.62 bits per heavy atom. The number of rotatable bonds is 6. The van der Waals surface area contributed by atoms with Crippen molar-refractivity contribution in [2.45, 2.75) is 46.5 Å². The monoisotopic (exact) mass is 438 g/mol. The maximum atomic E-state index is 13.5. The Kier molecular flexibility index (Phi) is 6.82. The Bertz CT molecular complexity index is 1100. The van der Waals surface area contributed by atoms with E-state index in [0.717, 1.165) is 11.1 Å². The van der Waals surface area contributed by atoms with Crippen molar-refractivity contribution in [3.05, 3.63) is 63.8 Å². The summed E-state index contributed by atoms with van der Waals surface area (Å²) in [6.07, 6.45) is 4.73. The molecule has 0 fully saturated rings. The number of carbonyl (C=O) groups is 1. The minimum absolute atomic E-state index is 0.0275. The second kappa shape index (κ2) is 9.39. The van der Waals surface area contributed by atoms with Crippen molar-refractivity contribution in [1.82, 2.24) is 0 Å². The van der Waals surface area contributed by atoms with Crippen LogP contribution in [0.4, 0.5) is 0 Å². The molecule has 1 aliphatic heterocycles. The lowest BCUT2D eigenvalue weighted by atomic mass is 9.85. The molecule has 6 nitrogen and oxygen atoms in total. The molecule has 1 atom stereocenters. The number of ketones is 1. The summed E-state index contributed by atoms with van der Waals surface area (Å²) in [4.78, 5) is 13.5. The van der Waals surface area contributed by atoms with E-state index in [9.17, 15) is 20.1 Å². The average molecular weight is 439 g/mol. The first-order valence-corrected chi connectivity index (χ1v) is 10.6. The van der Waals surface area contributed by atoms with Gasteiger partial charge in [-0.3, -0.25) is 4.79 Å². The number of phenols is 3. The van der Waals surface area contributed by atoms with Gasteiger partial charge in [-0.05, 0) is 46.6 Å². The highest BCUT2D eigenvalue weighted by Gasteiger charge is 2.37. The molecule has 3 N–H and O–H groups in total. The summed E-state index contributed by atoms with van der Waals surface area (Å²) < 4.78 is 11.6. The van der Waals surface area contributed by atoms with Crippen LogP contribution in [0.2, 0.25) is 0 Å². The largest absolute Gasteiger partial charge is 0.508 e. The van der Waals surface area contributed by atoms with Gasteiger partial charge in [0.25, 0.3) is 0 Å². The molecule has 0 aliphatic carbocycles. The number of Topliss-reactive ketones (excluding diaryl/α,β-unsaturated/α-hetero) is 1. The zero-order valence-corrected chi connectivity index (χ0v) is 19.2. The van der Waals surface area contributed by atoms with Crippen LogP contribution in [0.3, 0.4) is 0 Å². The van der Waals surface area contributed by atoms with E-state index < -0.39 is 5.92 Å². The number of methoxy groups -OCH3 is 1. The molecular formula is C26H30O6. The second-order valence-electron chi connectivity index (χ2n) is 8.48. The summed E-state index contributed by atoms with van der Waals surface area (Å²) in [6.45, 7) is 7.84. The Morgan fingerprint density at radius 3 is 2.22 bits per heavy atom. The SMILES string of the molecule is COc1c(C2COc3c(CC=C(C)C)c(O)cc(O)c3C2=O)ccc(O)c1CC=C(C)C. The molecule has 2 aromatic rings. The van der Waals surface area contributed by atoms with Gasteiger partial charge in [0, 0.05) is 22.8 Å². The first-order valence-electron chi connectivity index (χ1n) is 10.6. The highest BCUT2D eigenvalue weighted by Crippen LogP contribution is 2.46. The summed E-state index contributed by atoms with van der Waals surface area (Å²) >= 11 is 0. The summed E-state index contributed by atoms with van der Waals surface area (Å²) in [5.41, 5.74) is 3.84. The van der Waals surface area contributed by atoms with Crippen LogP contribution >= 0.6 is 0 Å². The quantitative estimate of drug-likeness (QED) is 0.537. The van der Waals surface area contributed by atoms with Crippen molar-refractivity contribution in [3.63, 3.8) is 0 Å². The fourth-order valence-electron chi connectivity index (χ4n) is 3.88. The second-order valence-corrected chi connectivity index (χ2v) is 8.48. The lowest BCUT2D eigenvalue weighted by Crippen LogP contribution is -2.27. The molecule has 0 bridgehead atoms. The van der Waals surface area contributed by atoms with Crippen molar-refractivity contribution in [2.24, 2.45) is 0 Å². The van der Waals surface area contributed by atoms with E-state index in [4.69, 9.17) is 9.47 Å². The van der Waals surface area contributed by atoms with Gasteiger partial charge in [0.05, 0.1) is 13.0 Å². The number of aromatic hydroxyl groups is 3. The molecule has 3 rings (SSSR count). The van der Waals surface area contributed by atoms with Crippen molar-refractivity contribution in [1.29, 1.82) is 0 Å². The molecule has 1 heterocycles. The number of benzene rings is 2. The molecule has 2 aromatic carbocycles. The molecule has 0 aromatic heterocycles. The Balaban J connectivity index is 2.09. The highest BCUT2D eigenvalue weighted by atomic mass is 16.5. The van der Waals surface area contributed by atoms with Crippen LogP contribution in [-0.2, 0) is 12.8 Å². The number of allylic oxidation sites excluding steroid dienone is 4. The van der Waals surface area contributed by atoms with Gasteiger partial charge in [-0.2, -0.15) is 0 Å². The van der Waals surface area contributed by atoms with E-state index in [1.54, 1.807) is 12.1 Å². The Hall–Kier alpha value is -3.41. The van der Waals surface area contributed by atoms with E-state index >= 15 is 0 Å². The zero-order chi connectivity index (χ0) is 23.6. The van der Waals surface area contributed by atoms with Crippen LogP contribution in [0.5, 0.6) is 28.7 Å². The first-order chi connectivity index (χ1) is 15.1. The van der Waals surface area contributed by atoms with E-state index in [1.807, 2.05) is 39.8 Å². The molecule has 0 spiro atoms. The smallest absolute Gasteiger partial charge is 0.181 e. The third-order valence-electron chi connectivity index (χ3n) is 5.57. The molecule has 0 radical (unpaired) electrons. The molecule has 0 amide bonds. The van der Waals surface area contributed by atoms with Gasteiger partial charge in [-0.15, -0.1) is 0 Å². The summed E-state index contributed by atoms with van der Waals surface area (Å²) in [5, 5.41) is 31.2. The number of fused-ring (bicyclic) bond motifs is 1. The number of phenolic OH excluding ortho intramolecular Hbond substituents is 3. The van der Waals surface area contributed by atoms with Crippen molar-refractivity contribution in [2.75, 3.05) is 13.7 Å². The standard InChI is InChI=1S/C26H30O6/c1-14(2)6-8-17-20(27)11-10-16(25(17)31-5)19-13-32-26-18(9-7-15(3)4)21(28)12-22(29)23(26)24(19)30/h6-7,10-12,19,27-29H,8-9,13H2,1-5H3. The molecule has 1 unspecified atom stereocenters. The van der Waals surface area contributed by atoms with Gasteiger partial charge in [-0.25, -0.2) is 0 Å². The topological polar surface area (TPSA) is 96.2 Å². The zero-order valence-electron chi connectivity index (χ0n) is 19.2. The van der Waals surface area contributed by atoms with Crippen molar-refractivity contribution < 1.29 is 29.6 Å². The molecule has 6 heteroatoms. The minimum atomic E-state index is -0.727. The molecule has 1 aliphatic rings. The van der Waals surface area contributed by atoms with E-state index in [2.05, 4.69) is 0 Å². The fraction of sp³-hybridized carbons (Fsp3) is 0.346. The van der Waals surface area contributed by atoms with Crippen LogP contribution in [0.1, 0.15) is 60.7 Å². The van der Waals surface area contributed by atoms with Crippen molar-refractivity contribution in [3.8, 4) is 28.7 Å². The third kappa shape index (κ3) is 4.44. The number of hydrogen-bond acceptors (Lipinski definition) is 6. The van der Waals surface area contributed by atoms with E-state index in [0.29, 0.717) is 35.3 Å². The maximum Gasteiger partial charge on any atom is 0.181 e. The summed E-state index contributed by atoms with van der Waals surface area (Å²) in [6, 6.07) is 4.38. The Morgan fingerprint density at radius 1 is 1.00 bits per heavy atom. The number of carbonyl (C=O) groups excluding carboxylic acids is 1. The summed E-state index contributed by atoms with van der Waals surface area (Å²) in [7, 11) is 1.50. The van der Waals surface area contributed by atoms with Gasteiger partial charge < -0.3 is 24.8 Å². The van der Waals surface area contributed by atoms with E-state index in [-0.39, 0.29) is 41.0 Å². The van der Waals surface area contributed by atoms with E-state index in [1.165, 1.54) is 13.2 Å². The van der Waals surface area contributed by atoms with Gasteiger partial charge in [0.2, 0.25) is 0 Å².